The summed E-state index contributed by atoms with van der Waals surface area (Å²) in [5.41, 5.74) is 5.34. The van der Waals surface area contributed by atoms with Crippen LogP contribution in [0.2, 0.25) is 0 Å². The van der Waals surface area contributed by atoms with E-state index in [4.69, 9.17) is 10.5 Å². The summed E-state index contributed by atoms with van der Waals surface area (Å²) in [5, 5.41) is 0. The average molecular weight is 367 g/mol. The topological polar surface area (TPSA) is 55.6 Å². The SMILES string of the molecule is CN(Cc1ccccc1C(F)(F)F)C(=O)C(N)C1CCOCC1.Cl. The van der Waals surface area contributed by atoms with E-state index < -0.39 is 17.8 Å². The fourth-order valence-corrected chi connectivity index (χ4v) is 2.80. The lowest BCUT2D eigenvalue weighted by Crippen LogP contribution is -2.47. The van der Waals surface area contributed by atoms with Gasteiger partial charge in [-0.05, 0) is 30.4 Å². The van der Waals surface area contributed by atoms with Gasteiger partial charge in [-0.2, -0.15) is 13.2 Å². The van der Waals surface area contributed by atoms with E-state index in [1.54, 1.807) is 0 Å². The van der Waals surface area contributed by atoms with Crippen LogP contribution in [0.4, 0.5) is 13.2 Å². The third-order valence-electron chi connectivity index (χ3n) is 4.17. The molecular formula is C16H22ClF3N2O2. The van der Waals surface area contributed by atoms with Crippen molar-refractivity contribution >= 4 is 18.3 Å². The number of carbonyl (C=O) groups is 1. The fourth-order valence-electron chi connectivity index (χ4n) is 2.80. The molecule has 1 aliphatic heterocycles. The number of carbonyl (C=O) groups excluding carboxylic acids is 1. The zero-order chi connectivity index (χ0) is 17.0. The molecule has 0 radical (unpaired) electrons. The number of rotatable bonds is 4. The van der Waals surface area contributed by atoms with Crippen LogP contribution in [0.5, 0.6) is 0 Å². The second-order valence-corrected chi connectivity index (χ2v) is 5.82. The Labute approximate surface area is 145 Å². The van der Waals surface area contributed by atoms with Crippen LogP contribution in [0.3, 0.4) is 0 Å². The largest absolute Gasteiger partial charge is 0.416 e. The number of ether oxygens (including phenoxy) is 1. The molecular weight excluding hydrogens is 345 g/mol. The number of hydrogen-bond acceptors (Lipinski definition) is 3. The van der Waals surface area contributed by atoms with Crippen molar-refractivity contribution < 1.29 is 22.7 Å². The molecule has 1 atom stereocenters. The third-order valence-corrected chi connectivity index (χ3v) is 4.17. The molecule has 1 aliphatic rings. The normalized spacial score (nSPS) is 17.0. The number of hydrogen-bond donors (Lipinski definition) is 1. The molecule has 1 heterocycles. The van der Waals surface area contributed by atoms with Crippen LogP contribution in [-0.2, 0) is 22.3 Å². The zero-order valence-corrected chi connectivity index (χ0v) is 14.2. The highest BCUT2D eigenvalue weighted by Crippen LogP contribution is 2.32. The lowest BCUT2D eigenvalue weighted by Gasteiger charge is -2.30. The van der Waals surface area contributed by atoms with Gasteiger partial charge in [0.2, 0.25) is 5.91 Å². The number of likely N-dealkylation sites (N-methyl/N-ethyl adjacent to an activating group) is 1. The van der Waals surface area contributed by atoms with Gasteiger partial charge in [-0.1, -0.05) is 18.2 Å². The Hall–Kier alpha value is -1.31. The Morgan fingerprint density at radius 2 is 1.92 bits per heavy atom. The molecule has 1 saturated heterocycles. The lowest BCUT2D eigenvalue weighted by atomic mass is 9.91. The number of nitrogens with two attached hydrogens (primary N) is 1. The standard InChI is InChI=1S/C16H21F3N2O2.ClH/c1-21(15(22)14(20)11-6-8-23-9-7-11)10-12-4-2-3-5-13(12)16(17,18)19;/h2-5,11,14H,6-10,20H2,1H3;1H. The molecule has 2 N–H and O–H groups in total. The van der Waals surface area contributed by atoms with Gasteiger partial charge >= 0.3 is 6.18 Å². The minimum Gasteiger partial charge on any atom is -0.381 e. The van der Waals surface area contributed by atoms with Crippen molar-refractivity contribution in [2.45, 2.75) is 31.6 Å². The summed E-state index contributed by atoms with van der Waals surface area (Å²) >= 11 is 0. The first kappa shape index (κ1) is 20.7. The Bertz CT molecular complexity index is 548. The van der Waals surface area contributed by atoms with Crippen LogP contribution in [0, 0.1) is 5.92 Å². The lowest BCUT2D eigenvalue weighted by molar-refractivity contribution is -0.140. The quantitative estimate of drug-likeness (QED) is 0.891. The monoisotopic (exact) mass is 366 g/mol. The number of nitrogens with zero attached hydrogens (tertiary/aromatic N) is 1. The predicted octanol–water partition coefficient (Wildman–Crippen LogP) is 2.84. The van der Waals surface area contributed by atoms with E-state index in [1.165, 1.54) is 30.1 Å². The first-order valence-corrected chi connectivity index (χ1v) is 7.54. The maximum atomic E-state index is 13.0. The van der Waals surface area contributed by atoms with Gasteiger partial charge in [0.1, 0.15) is 0 Å². The van der Waals surface area contributed by atoms with Gasteiger partial charge < -0.3 is 15.4 Å². The maximum absolute atomic E-state index is 13.0. The van der Waals surface area contributed by atoms with E-state index in [0.29, 0.717) is 26.1 Å². The minimum atomic E-state index is -4.44. The number of halogens is 4. The molecule has 1 fully saturated rings. The van der Waals surface area contributed by atoms with Crippen molar-refractivity contribution in [2.24, 2.45) is 11.7 Å². The predicted molar refractivity (Wildman–Crippen MR) is 86.7 cm³/mol. The van der Waals surface area contributed by atoms with Crippen molar-refractivity contribution in [3.05, 3.63) is 35.4 Å². The Balaban J connectivity index is 0.00000288. The fraction of sp³-hybridized carbons (Fsp3) is 0.562. The van der Waals surface area contributed by atoms with Crippen molar-refractivity contribution in [2.75, 3.05) is 20.3 Å². The molecule has 4 nitrogen and oxygen atoms in total. The Morgan fingerprint density at radius 1 is 1.33 bits per heavy atom. The molecule has 1 unspecified atom stereocenters. The summed E-state index contributed by atoms with van der Waals surface area (Å²) in [6.45, 7) is 1.00. The molecule has 1 amide bonds. The molecule has 24 heavy (non-hydrogen) atoms. The van der Waals surface area contributed by atoms with Gasteiger partial charge in [0, 0.05) is 26.8 Å². The summed E-state index contributed by atoms with van der Waals surface area (Å²) in [5.74, 6) is -0.328. The Morgan fingerprint density at radius 3 is 2.50 bits per heavy atom. The second kappa shape index (κ2) is 8.69. The highest BCUT2D eigenvalue weighted by Gasteiger charge is 2.34. The van der Waals surface area contributed by atoms with E-state index in [9.17, 15) is 18.0 Å². The second-order valence-electron chi connectivity index (χ2n) is 5.82. The van der Waals surface area contributed by atoms with Crippen LogP contribution in [0.15, 0.2) is 24.3 Å². The molecule has 0 bridgehead atoms. The summed E-state index contributed by atoms with van der Waals surface area (Å²) < 4.78 is 44.3. The van der Waals surface area contributed by atoms with Crippen LogP contribution in [-0.4, -0.2) is 37.1 Å². The molecule has 0 aliphatic carbocycles. The molecule has 136 valence electrons. The number of benzene rings is 1. The van der Waals surface area contributed by atoms with E-state index in [2.05, 4.69) is 0 Å². The van der Waals surface area contributed by atoms with E-state index in [-0.39, 0.29) is 36.3 Å². The van der Waals surface area contributed by atoms with E-state index in [0.717, 1.165) is 6.07 Å². The van der Waals surface area contributed by atoms with E-state index in [1.807, 2.05) is 0 Å². The summed E-state index contributed by atoms with van der Waals surface area (Å²) in [6, 6.07) is 4.56. The van der Waals surface area contributed by atoms with Crippen LogP contribution in [0.25, 0.3) is 0 Å². The highest BCUT2D eigenvalue weighted by molar-refractivity contribution is 5.85. The molecule has 0 spiro atoms. The number of alkyl halides is 3. The average Bonchev–Trinajstić information content (AvgIpc) is 2.53. The zero-order valence-electron chi connectivity index (χ0n) is 13.4. The van der Waals surface area contributed by atoms with Crippen LogP contribution < -0.4 is 5.73 Å². The summed E-state index contributed by atoms with van der Waals surface area (Å²) in [6.07, 6.45) is -3.05. The smallest absolute Gasteiger partial charge is 0.381 e. The third kappa shape index (κ3) is 5.09. The molecule has 2 rings (SSSR count). The van der Waals surface area contributed by atoms with Gasteiger partial charge in [0.05, 0.1) is 11.6 Å². The minimum absolute atomic E-state index is 0. The Kier molecular flexibility index (Phi) is 7.51. The van der Waals surface area contributed by atoms with Gasteiger partial charge in [0.25, 0.3) is 0 Å². The maximum Gasteiger partial charge on any atom is 0.416 e. The summed E-state index contributed by atoms with van der Waals surface area (Å²) in [7, 11) is 1.48. The van der Waals surface area contributed by atoms with Gasteiger partial charge in [-0.25, -0.2) is 0 Å². The van der Waals surface area contributed by atoms with Gasteiger partial charge in [-0.15, -0.1) is 12.4 Å². The van der Waals surface area contributed by atoms with Gasteiger partial charge in [0.15, 0.2) is 0 Å². The highest BCUT2D eigenvalue weighted by atomic mass is 35.5. The van der Waals surface area contributed by atoms with Crippen LogP contribution in [0.1, 0.15) is 24.0 Å². The summed E-state index contributed by atoms with van der Waals surface area (Å²) in [4.78, 5) is 13.7. The first-order chi connectivity index (χ1) is 10.8. The van der Waals surface area contributed by atoms with Gasteiger partial charge in [-0.3, -0.25) is 4.79 Å². The number of amides is 1. The van der Waals surface area contributed by atoms with Crippen molar-refractivity contribution in [3.8, 4) is 0 Å². The molecule has 1 aromatic rings. The molecule has 1 aromatic carbocycles. The van der Waals surface area contributed by atoms with Crippen molar-refractivity contribution in [1.29, 1.82) is 0 Å². The molecule has 0 aromatic heterocycles. The van der Waals surface area contributed by atoms with Crippen molar-refractivity contribution in [1.82, 2.24) is 4.90 Å². The van der Waals surface area contributed by atoms with E-state index >= 15 is 0 Å². The first-order valence-electron chi connectivity index (χ1n) is 7.54. The van der Waals surface area contributed by atoms with Crippen LogP contribution >= 0.6 is 12.4 Å². The van der Waals surface area contributed by atoms with Crippen molar-refractivity contribution in [3.63, 3.8) is 0 Å². The molecule has 0 saturated carbocycles. The molecule has 8 heteroatoms.